The molecule has 2 aromatic rings. The predicted molar refractivity (Wildman–Crippen MR) is 110 cm³/mol. The van der Waals surface area contributed by atoms with Crippen LogP contribution in [0.5, 0.6) is 0 Å². The van der Waals surface area contributed by atoms with Gasteiger partial charge >= 0.3 is 0 Å². The van der Waals surface area contributed by atoms with Crippen molar-refractivity contribution in [3.63, 3.8) is 0 Å². The quantitative estimate of drug-likeness (QED) is 0.812. The Bertz CT molecular complexity index is 969. The van der Waals surface area contributed by atoms with E-state index in [0.29, 0.717) is 19.4 Å². The van der Waals surface area contributed by atoms with Crippen LogP contribution in [0.4, 0.5) is 5.69 Å². The average molecular weight is 399 g/mol. The Morgan fingerprint density at radius 2 is 1.89 bits per heavy atom. The summed E-state index contributed by atoms with van der Waals surface area (Å²) in [5, 5.41) is 0. The van der Waals surface area contributed by atoms with Crippen LogP contribution in [0.15, 0.2) is 53.4 Å². The van der Waals surface area contributed by atoms with Crippen LogP contribution in [0.1, 0.15) is 37.3 Å². The molecule has 1 N–H and O–H groups in total. The van der Waals surface area contributed by atoms with Gasteiger partial charge in [-0.25, -0.2) is 13.1 Å². The minimum Gasteiger partial charge on any atom is -0.309 e. The van der Waals surface area contributed by atoms with Crippen molar-refractivity contribution in [3.05, 3.63) is 59.7 Å². The molecule has 1 heterocycles. The van der Waals surface area contributed by atoms with Crippen molar-refractivity contribution in [1.29, 1.82) is 0 Å². The minimum absolute atomic E-state index is 0.0760. The molecule has 5 nitrogen and oxygen atoms in total. The van der Waals surface area contributed by atoms with Gasteiger partial charge in [0.05, 0.1) is 4.90 Å². The molecule has 2 aromatic carbocycles. The normalized spacial score (nSPS) is 19.3. The molecule has 0 aromatic heterocycles. The van der Waals surface area contributed by atoms with Crippen molar-refractivity contribution in [1.82, 2.24) is 4.72 Å². The molecule has 1 aliphatic carbocycles. The van der Waals surface area contributed by atoms with Gasteiger partial charge in [0.2, 0.25) is 15.9 Å². The summed E-state index contributed by atoms with van der Waals surface area (Å²) in [6, 6.07) is 15.0. The van der Waals surface area contributed by atoms with Crippen molar-refractivity contribution in [3.8, 4) is 0 Å². The van der Waals surface area contributed by atoms with Gasteiger partial charge in [0.25, 0.3) is 0 Å². The van der Waals surface area contributed by atoms with Gasteiger partial charge in [-0.2, -0.15) is 0 Å². The van der Waals surface area contributed by atoms with Crippen molar-refractivity contribution in [2.45, 2.75) is 50.0 Å². The third-order valence-electron chi connectivity index (χ3n) is 5.82. The third-order valence-corrected chi connectivity index (χ3v) is 7.28. The maximum Gasteiger partial charge on any atom is 0.240 e. The molecular formula is C22H26N2O3S. The summed E-state index contributed by atoms with van der Waals surface area (Å²) in [7, 11) is -3.57. The van der Waals surface area contributed by atoms with Crippen LogP contribution >= 0.6 is 0 Å². The van der Waals surface area contributed by atoms with Crippen molar-refractivity contribution in [2.75, 3.05) is 11.4 Å². The molecule has 2 aliphatic rings. The fourth-order valence-corrected chi connectivity index (χ4v) is 5.10. The number of nitrogens with one attached hydrogen (secondary N) is 1. The SMILES string of the molecule is C[C@@H]1Cc2cc(S(=O)(=O)NCCc3ccccc3)ccc2N1C(=O)C1CCC1. The minimum atomic E-state index is -3.57. The van der Waals surface area contributed by atoms with Crippen LogP contribution in [0.25, 0.3) is 0 Å². The highest BCUT2D eigenvalue weighted by Gasteiger charge is 2.37. The van der Waals surface area contributed by atoms with Crippen LogP contribution < -0.4 is 9.62 Å². The molecular weight excluding hydrogens is 372 g/mol. The summed E-state index contributed by atoms with van der Waals surface area (Å²) >= 11 is 0. The number of benzene rings is 2. The molecule has 0 spiro atoms. The van der Waals surface area contributed by atoms with Crippen molar-refractivity contribution >= 4 is 21.6 Å². The molecule has 4 rings (SSSR count). The zero-order chi connectivity index (χ0) is 19.7. The molecule has 0 saturated heterocycles. The molecule has 1 atom stereocenters. The highest BCUT2D eigenvalue weighted by molar-refractivity contribution is 7.89. The first-order chi connectivity index (χ1) is 13.5. The maximum atomic E-state index is 12.8. The summed E-state index contributed by atoms with van der Waals surface area (Å²) in [6.07, 6.45) is 4.40. The van der Waals surface area contributed by atoms with E-state index in [1.165, 1.54) is 0 Å². The van der Waals surface area contributed by atoms with E-state index in [2.05, 4.69) is 4.72 Å². The van der Waals surface area contributed by atoms with E-state index in [4.69, 9.17) is 0 Å². The average Bonchev–Trinajstić information content (AvgIpc) is 2.95. The van der Waals surface area contributed by atoms with Crippen LogP contribution in [-0.4, -0.2) is 26.9 Å². The zero-order valence-corrected chi connectivity index (χ0v) is 16.9. The molecule has 1 saturated carbocycles. The van der Waals surface area contributed by atoms with Gasteiger partial charge < -0.3 is 4.90 Å². The van der Waals surface area contributed by atoms with Crippen molar-refractivity contribution < 1.29 is 13.2 Å². The summed E-state index contributed by atoms with van der Waals surface area (Å²) in [5.74, 6) is 0.325. The van der Waals surface area contributed by atoms with Gasteiger partial charge in [-0.15, -0.1) is 0 Å². The van der Waals surface area contributed by atoms with Crippen LogP contribution in [-0.2, 0) is 27.7 Å². The molecule has 0 radical (unpaired) electrons. The van der Waals surface area contributed by atoms with Crippen LogP contribution in [0.3, 0.4) is 0 Å². The Hall–Kier alpha value is -2.18. The number of hydrogen-bond donors (Lipinski definition) is 1. The van der Waals surface area contributed by atoms with E-state index in [1.807, 2.05) is 42.2 Å². The fourth-order valence-electron chi connectivity index (χ4n) is 4.02. The summed E-state index contributed by atoms with van der Waals surface area (Å²) in [4.78, 5) is 14.9. The molecule has 0 unspecified atom stereocenters. The van der Waals surface area contributed by atoms with Gasteiger partial charge in [-0.05, 0) is 61.9 Å². The van der Waals surface area contributed by atoms with E-state index in [9.17, 15) is 13.2 Å². The Morgan fingerprint density at radius 3 is 2.57 bits per heavy atom. The molecule has 0 bridgehead atoms. The first-order valence-corrected chi connectivity index (χ1v) is 11.4. The number of carbonyl (C=O) groups excluding carboxylic acids is 1. The number of amides is 1. The summed E-state index contributed by atoms with van der Waals surface area (Å²) < 4.78 is 28.1. The predicted octanol–water partition coefficient (Wildman–Crippen LogP) is 3.29. The van der Waals surface area contributed by atoms with E-state index >= 15 is 0 Å². The maximum absolute atomic E-state index is 12.8. The first-order valence-electron chi connectivity index (χ1n) is 9.95. The van der Waals surface area contributed by atoms with E-state index < -0.39 is 10.0 Å². The van der Waals surface area contributed by atoms with Gasteiger partial charge in [-0.1, -0.05) is 36.8 Å². The Labute approximate surface area is 166 Å². The third kappa shape index (κ3) is 3.71. The molecule has 6 heteroatoms. The topological polar surface area (TPSA) is 66.5 Å². The van der Waals surface area contributed by atoms with E-state index in [1.54, 1.807) is 18.2 Å². The summed E-state index contributed by atoms with van der Waals surface area (Å²) in [5.41, 5.74) is 2.90. The first kappa shape index (κ1) is 19.2. The lowest BCUT2D eigenvalue weighted by molar-refractivity contribution is -0.125. The number of hydrogen-bond acceptors (Lipinski definition) is 3. The monoisotopic (exact) mass is 398 g/mol. The number of rotatable bonds is 6. The standard InChI is InChI=1S/C22H26N2O3S/c1-16-14-19-15-20(10-11-21(19)24(16)22(25)18-8-5-9-18)28(26,27)23-13-12-17-6-3-2-4-7-17/h2-4,6-7,10-11,15-16,18,23H,5,8-9,12-14H2,1H3/t16-/m1/s1. The Morgan fingerprint density at radius 1 is 1.14 bits per heavy atom. The second-order valence-corrected chi connectivity index (χ2v) is 9.58. The number of fused-ring (bicyclic) bond motifs is 1. The molecule has 28 heavy (non-hydrogen) atoms. The Kier molecular flexibility index (Phi) is 5.25. The van der Waals surface area contributed by atoms with Gasteiger partial charge in [0.1, 0.15) is 0 Å². The number of carbonyl (C=O) groups is 1. The lowest BCUT2D eigenvalue weighted by atomic mass is 9.84. The van der Waals surface area contributed by atoms with E-state index in [-0.39, 0.29) is 22.8 Å². The molecule has 1 fully saturated rings. The Balaban J connectivity index is 1.47. The fraction of sp³-hybridized carbons (Fsp3) is 0.409. The summed E-state index contributed by atoms with van der Waals surface area (Å²) in [6.45, 7) is 2.38. The molecule has 148 valence electrons. The smallest absolute Gasteiger partial charge is 0.240 e. The number of sulfonamides is 1. The lowest BCUT2D eigenvalue weighted by Crippen LogP contribution is -2.42. The van der Waals surface area contributed by atoms with Gasteiger partial charge in [0, 0.05) is 24.2 Å². The molecule has 1 amide bonds. The van der Waals surface area contributed by atoms with Crippen molar-refractivity contribution in [2.24, 2.45) is 5.92 Å². The molecule has 1 aliphatic heterocycles. The van der Waals surface area contributed by atoms with Crippen LogP contribution in [0.2, 0.25) is 0 Å². The van der Waals surface area contributed by atoms with E-state index in [0.717, 1.165) is 36.1 Å². The second kappa shape index (κ2) is 7.68. The number of anilines is 1. The van der Waals surface area contributed by atoms with Gasteiger partial charge in [0.15, 0.2) is 0 Å². The largest absolute Gasteiger partial charge is 0.309 e. The highest BCUT2D eigenvalue weighted by Crippen LogP contribution is 2.38. The number of nitrogens with zero attached hydrogens (tertiary/aromatic N) is 1. The highest BCUT2D eigenvalue weighted by atomic mass is 32.2. The van der Waals surface area contributed by atoms with Crippen LogP contribution in [0, 0.1) is 5.92 Å². The second-order valence-electron chi connectivity index (χ2n) is 7.81. The van der Waals surface area contributed by atoms with Gasteiger partial charge in [-0.3, -0.25) is 4.79 Å². The lowest BCUT2D eigenvalue weighted by Gasteiger charge is -2.32. The zero-order valence-electron chi connectivity index (χ0n) is 16.1.